The van der Waals surface area contributed by atoms with Gasteiger partial charge in [0.2, 0.25) is 0 Å². The first-order valence-corrected chi connectivity index (χ1v) is 8.44. The Morgan fingerprint density at radius 2 is 1.08 bits per heavy atom. The summed E-state index contributed by atoms with van der Waals surface area (Å²) in [5, 5.41) is 0. The highest BCUT2D eigenvalue weighted by molar-refractivity contribution is 5.39. The molecule has 0 atom stereocenters. The molecule has 0 aliphatic rings. The number of nitrogen functional groups attached to an aromatic ring is 1. The van der Waals surface area contributed by atoms with Crippen LogP contribution in [-0.4, -0.2) is 11.4 Å². The van der Waals surface area contributed by atoms with Crippen LogP contribution in [0.4, 0.5) is 5.69 Å². The van der Waals surface area contributed by atoms with Crippen molar-refractivity contribution in [3.8, 4) is 0 Å². The van der Waals surface area contributed by atoms with Crippen LogP contribution in [0.3, 0.4) is 0 Å². The molecule has 122 valence electrons. The molecule has 0 aliphatic heterocycles. The summed E-state index contributed by atoms with van der Waals surface area (Å²) >= 11 is 0. The van der Waals surface area contributed by atoms with Crippen molar-refractivity contribution in [3.63, 3.8) is 0 Å². The van der Waals surface area contributed by atoms with E-state index in [0.29, 0.717) is 0 Å². The Morgan fingerprint density at radius 1 is 0.583 bits per heavy atom. The second kappa shape index (κ2) is 8.32. The second-order valence-corrected chi connectivity index (χ2v) is 6.17. The Bertz CT molecular complexity index is 721. The van der Waals surface area contributed by atoms with Gasteiger partial charge in [0.15, 0.2) is 0 Å². The smallest absolute Gasteiger partial charge is 0.0314 e. The Hall–Kier alpha value is -2.58. The number of rotatable bonds is 7. The summed E-state index contributed by atoms with van der Waals surface area (Å²) in [5.41, 5.74) is 10.6. The number of anilines is 1. The molecule has 24 heavy (non-hydrogen) atoms. The normalized spacial score (nSPS) is 10.9. The van der Waals surface area contributed by atoms with Gasteiger partial charge in [-0.1, -0.05) is 72.8 Å². The third kappa shape index (κ3) is 4.97. The highest BCUT2D eigenvalue weighted by atomic mass is 15.1. The molecular formula is C22H24N2. The Balaban J connectivity index is 1.68. The van der Waals surface area contributed by atoms with E-state index in [1.807, 2.05) is 12.1 Å². The van der Waals surface area contributed by atoms with Crippen molar-refractivity contribution in [3.05, 3.63) is 102 Å². The molecule has 0 bridgehead atoms. The summed E-state index contributed by atoms with van der Waals surface area (Å²) in [6, 6.07) is 29.5. The maximum Gasteiger partial charge on any atom is 0.0314 e. The Morgan fingerprint density at radius 3 is 1.67 bits per heavy atom. The van der Waals surface area contributed by atoms with Gasteiger partial charge in [0.25, 0.3) is 0 Å². The first-order chi connectivity index (χ1) is 11.8. The molecule has 3 aromatic rings. The fourth-order valence-electron chi connectivity index (χ4n) is 2.87. The van der Waals surface area contributed by atoms with Crippen LogP contribution in [-0.2, 0) is 19.5 Å². The quantitative estimate of drug-likeness (QED) is 0.650. The lowest BCUT2D eigenvalue weighted by atomic mass is 10.1. The molecule has 0 fully saturated rings. The first-order valence-electron chi connectivity index (χ1n) is 8.44. The van der Waals surface area contributed by atoms with Gasteiger partial charge >= 0.3 is 0 Å². The zero-order chi connectivity index (χ0) is 16.6. The molecule has 2 nitrogen and oxygen atoms in total. The average Bonchev–Trinajstić information content (AvgIpc) is 2.63. The van der Waals surface area contributed by atoms with Crippen LogP contribution in [0.15, 0.2) is 84.9 Å². The van der Waals surface area contributed by atoms with E-state index >= 15 is 0 Å². The van der Waals surface area contributed by atoms with E-state index in [9.17, 15) is 0 Å². The zero-order valence-corrected chi connectivity index (χ0v) is 13.9. The third-order valence-corrected chi connectivity index (χ3v) is 4.19. The van der Waals surface area contributed by atoms with Gasteiger partial charge in [-0.2, -0.15) is 0 Å². The number of hydrogen-bond acceptors (Lipinski definition) is 2. The van der Waals surface area contributed by atoms with Crippen LogP contribution >= 0.6 is 0 Å². The van der Waals surface area contributed by atoms with Gasteiger partial charge in [0.05, 0.1) is 0 Å². The molecule has 0 saturated heterocycles. The van der Waals surface area contributed by atoms with Gasteiger partial charge in [0.1, 0.15) is 0 Å². The van der Waals surface area contributed by atoms with Crippen LogP contribution in [0.1, 0.15) is 16.7 Å². The second-order valence-electron chi connectivity index (χ2n) is 6.17. The zero-order valence-electron chi connectivity index (χ0n) is 13.9. The van der Waals surface area contributed by atoms with Crippen molar-refractivity contribution in [1.82, 2.24) is 4.90 Å². The molecule has 3 rings (SSSR count). The van der Waals surface area contributed by atoms with Crippen molar-refractivity contribution < 1.29 is 0 Å². The van der Waals surface area contributed by atoms with Gasteiger partial charge in [0, 0.05) is 25.3 Å². The van der Waals surface area contributed by atoms with Crippen molar-refractivity contribution in [1.29, 1.82) is 0 Å². The molecule has 0 radical (unpaired) electrons. The summed E-state index contributed by atoms with van der Waals surface area (Å²) in [4.78, 5) is 2.49. The minimum absolute atomic E-state index is 0.817. The number of nitrogens with zero attached hydrogens (tertiary/aromatic N) is 1. The lowest BCUT2D eigenvalue weighted by molar-refractivity contribution is 0.260. The molecule has 0 spiro atoms. The SMILES string of the molecule is Nc1ccc(CN(CCc2ccccc2)Cc2ccccc2)cc1. The minimum atomic E-state index is 0.817. The van der Waals surface area contributed by atoms with E-state index in [1.54, 1.807) is 0 Å². The Kier molecular flexibility index (Phi) is 5.65. The summed E-state index contributed by atoms with van der Waals surface area (Å²) in [7, 11) is 0. The topological polar surface area (TPSA) is 29.3 Å². The molecule has 0 aliphatic carbocycles. The molecule has 3 aromatic carbocycles. The summed E-state index contributed by atoms with van der Waals surface area (Å²) in [5.74, 6) is 0. The predicted molar refractivity (Wildman–Crippen MR) is 102 cm³/mol. The van der Waals surface area contributed by atoms with E-state index in [-0.39, 0.29) is 0 Å². The van der Waals surface area contributed by atoms with Crippen LogP contribution in [0.2, 0.25) is 0 Å². The summed E-state index contributed by atoms with van der Waals surface area (Å²) < 4.78 is 0. The fourth-order valence-corrected chi connectivity index (χ4v) is 2.87. The number of hydrogen-bond donors (Lipinski definition) is 1. The van der Waals surface area contributed by atoms with Crippen molar-refractivity contribution in [2.75, 3.05) is 12.3 Å². The summed E-state index contributed by atoms with van der Waals surface area (Å²) in [6.45, 7) is 2.92. The van der Waals surface area contributed by atoms with E-state index < -0.39 is 0 Å². The highest BCUT2D eigenvalue weighted by Gasteiger charge is 2.08. The molecule has 0 heterocycles. The third-order valence-electron chi connectivity index (χ3n) is 4.19. The largest absolute Gasteiger partial charge is 0.399 e. The van der Waals surface area contributed by atoms with E-state index in [4.69, 9.17) is 5.73 Å². The molecule has 0 amide bonds. The molecule has 0 unspecified atom stereocenters. The van der Waals surface area contributed by atoms with Crippen molar-refractivity contribution in [2.45, 2.75) is 19.5 Å². The Labute approximate surface area is 144 Å². The van der Waals surface area contributed by atoms with Gasteiger partial charge in [-0.05, 0) is 35.2 Å². The average molecular weight is 316 g/mol. The van der Waals surface area contributed by atoms with E-state index in [2.05, 4.69) is 77.7 Å². The van der Waals surface area contributed by atoms with Crippen LogP contribution in [0.5, 0.6) is 0 Å². The van der Waals surface area contributed by atoms with E-state index in [1.165, 1.54) is 16.7 Å². The molecule has 0 saturated carbocycles. The maximum absolute atomic E-state index is 5.80. The monoisotopic (exact) mass is 316 g/mol. The standard InChI is InChI=1S/C22H24N2/c23-22-13-11-21(12-14-22)18-24(17-20-9-5-2-6-10-20)16-15-19-7-3-1-4-8-19/h1-14H,15-18,23H2. The van der Waals surface area contributed by atoms with Gasteiger partial charge in [-0.3, -0.25) is 4.90 Å². The van der Waals surface area contributed by atoms with Crippen molar-refractivity contribution >= 4 is 5.69 Å². The van der Waals surface area contributed by atoms with E-state index in [0.717, 1.165) is 31.7 Å². The molecule has 2 N–H and O–H groups in total. The minimum Gasteiger partial charge on any atom is -0.399 e. The van der Waals surface area contributed by atoms with Gasteiger partial charge in [-0.15, -0.1) is 0 Å². The number of nitrogens with two attached hydrogens (primary N) is 1. The molecule has 2 heteroatoms. The van der Waals surface area contributed by atoms with Crippen molar-refractivity contribution in [2.24, 2.45) is 0 Å². The predicted octanol–water partition coefficient (Wildman–Crippen LogP) is 4.51. The van der Waals surface area contributed by atoms with Crippen LogP contribution in [0.25, 0.3) is 0 Å². The number of benzene rings is 3. The van der Waals surface area contributed by atoms with Gasteiger partial charge < -0.3 is 5.73 Å². The van der Waals surface area contributed by atoms with Crippen LogP contribution in [0, 0.1) is 0 Å². The lowest BCUT2D eigenvalue weighted by Crippen LogP contribution is -2.25. The molecular weight excluding hydrogens is 292 g/mol. The van der Waals surface area contributed by atoms with Gasteiger partial charge in [-0.25, -0.2) is 0 Å². The summed E-state index contributed by atoms with van der Waals surface area (Å²) in [6.07, 6.45) is 1.06. The highest BCUT2D eigenvalue weighted by Crippen LogP contribution is 2.13. The lowest BCUT2D eigenvalue weighted by Gasteiger charge is -2.23. The maximum atomic E-state index is 5.80. The first kappa shape index (κ1) is 16.3. The van der Waals surface area contributed by atoms with Crippen LogP contribution < -0.4 is 5.73 Å². The molecule has 0 aromatic heterocycles. The fraction of sp³-hybridized carbons (Fsp3) is 0.182.